The molecule has 0 aliphatic carbocycles. The minimum absolute atomic E-state index is 0.0153. The van der Waals surface area contributed by atoms with Gasteiger partial charge in [-0.25, -0.2) is 4.52 Å². The summed E-state index contributed by atoms with van der Waals surface area (Å²) in [6.07, 6.45) is 3.47. The number of nitrogens with zero attached hydrogens (tertiary/aromatic N) is 2. The molecule has 20 heavy (non-hydrogen) atoms. The summed E-state index contributed by atoms with van der Waals surface area (Å²) in [5.41, 5.74) is 3.42. The number of carbonyl (C=O) groups is 1. The first-order valence-electron chi connectivity index (χ1n) is 6.74. The maximum Gasteiger partial charge on any atom is 0.196 e. The van der Waals surface area contributed by atoms with Crippen LogP contribution < -0.4 is 0 Å². The average molecular weight is 264 g/mol. The van der Waals surface area contributed by atoms with Crippen LogP contribution in [-0.4, -0.2) is 15.4 Å². The average Bonchev–Trinajstić information content (AvgIpc) is 2.90. The van der Waals surface area contributed by atoms with Gasteiger partial charge in [0.15, 0.2) is 5.78 Å². The van der Waals surface area contributed by atoms with Gasteiger partial charge in [-0.3, -0.25) is 4.79 Å². The Hall–Kier alpha value is -2.42. The Labute approximate surface area is 117 Å². The summed E-state index contributed by atoms with van der Waals surface area (Å²) in [6.45, 7) is 4.28. The molecule has 3 aromatic rings. The van der Waals surface area contributed by atoms with Gasteiger partial charge < -0.3 is 0 Å². The molecule has 0 amide bonds. The first kappa shape index (κ1) is 12.6. The van der Waals surface area contributed by atoms with Crippen LogP contribution in [0.2, 0.25) is 0 Å². The van der Waals surface area contributed by atoms with E-state index in [1.807, 2.05) is 48.7 Å². The van der Waals surface area contributed by atoms with Crippen LogP contribution in [0.4, 0.5) is 0 Å². The molecule has 1 aromatic carbocycles. The third kappa shape index (κ3) is 2.11. The Kier molecular flexibility index (Phi) is 3.11. The van der Waals surface area contributed by atoms with Crippen LogP contribution >= 0.6 is 0 Å². The highest BCUT2D eigenvalue weighted by molar-refractivity contribution is 6.12. The van der Waals surface area contributed by atoms with E-state index < -0.39 is 0 Å². The predicted octanol–water partition coefficient (Wildman–Crippen LogP) is 3.69. The molecular weight excluding hydrogens is 248 g/mol. The minimum atomic E-state index is 0.0153. The first-order chi connectivity index (χ1) is 9.66. The first-order valence-corrected chi connectivity index (χ1v) is 6.74. The van der Waals surface area contributed by atoms with Crippen molar-refractivity contribution in [3.05, 3.63) is 71.5 Å². The van der Waals surface area contributed by atoms with E-state index in [9.17, 15) is 4.79 Å². The largest absolute Gasteiger partial charge is 0.288 e. The number of hydrogen-bond acceptors (Lipinski definition) is 2. The van der Waals surface area contributed by atoms with Gasteiger partial charge >= 0.3 is 0 Å². The van der Waals surface area contributed by atoms with E-state index >= 15 is 0 Å². The zero-order chi connectivity index (χ0) is 14.1. The summed E-state index contributed by atoms with van der Waals surface area (Å²) >= 11 is 0. The van der Waals surface area contributed by atoms with Crippen LogP contribution in [0.3, 0.4) is 0 Å². The highest BCUT2D eigenvalue weighted by atomic mass is 16.1. The quantitative estimate of drug-likeness (QED) is 0.676. The summed E-state index contributed by atoms with van der Waals surface area (Å²) in [5, 5.41) is 4.21. The molecule has 100 valence electrons. The number of hydrogen-bond donors (Lipinski definition) is 0. The van der Waals surface area contributed by atoms with E-state index in [1.54, 1.807) is 10.7 Å². The molecule has 0 radical (unpaired) electrons. The molecule has 0 N–H and O–H groups in total. The van der Waals surface area contributed by atoms with Gasteiger partial charge in [-0.1, -0.05) is 44.2 Å². The van der Waals surface area contributed by atoms with Gasteiger partial charge in [-0.05, 0) is 23.6 Å². The van der Waals surface area contributed by atoms with E-state index in [0.29, 0.717) is 17.0 Å². The molecule has 2 heterocycles. The standard InChI is InChI=1S/C17H16N2O/c1-12(2)13-6-8-14(9-7-13)17(20)15-11-18-19-10-4-3-5-16(15)19/h3-12H,1-2H3. The Morgan fingerprint density at radius 1 is 1.10 bits per heavy atom. The van der Waals surface area contributed by atoms with Crippen molar-refractivity contribution in [3.63, 3.8) is 0 Å². The Morgan fingerprint density at radius 2 is 1.85 bits per heavy atom. The molecule has 0 unspecified atom stereocenters. The van der Waals surface area contributed by atoms with Crippen LogP contribution in [-0.2, 0) is 0 Å². The molecule has 2 aromatic heterocycles. The third-order valence-corrected chi connectivity index (χ3v) is 3.51. The Bertz CT molecular complexity index is 754. The molecule has 3 rings (SSSR count). The molecular formula is C17H16N2O. The summed E-state index contributed by atoms with van der Waals surface area (Å²) in [5.74, 6) is 0.484. The minimum Gasteiger partial charge on any atom is -0.288 e. The normalized spacial score (nSPS) is 11.2. The van der Waals surface area contributed by atoms with Crippen molar-refractivity contribution in [2.75, 3.05) is 0 Å². The highest BCUT2D eigenvalue weighted by Crippen LogP contribution is 2.19. The molecule has 0 spiro atoms. The molecule has 0 atom stereocenters. The van der Waals surface area contributed by atoms with Crippen LogP contribution in [0.15, 0.2) is 54.9 Å². The van der Waals surface area contributed by atoms with Crippen LogP contribution in [0.25, 0.3) is 5.52 Å². The monoisotopic (exact) mass is 264 g/mol. The van der Waals surface area contributed by atoms with Gasteiger partial charge in [0.2, 0.25) is 0 Å². The van der Waals surface area contributed by atoms with Crippen molar-refractivity contribution in [2.45, 2.75) is 19.8 Å². The van der Waals surface area contributed by atoms with E-state index in [1.165, 1.54) is 5.56 Å². The lowest BCUT2D eigenvalue weighted by molar-refractivity contribution is 0.104. The smallest absolute Gasteiger partial charge is 0.196 e. The fraction of sp³-hybridized carbons (Fsp3) is 0.176. The van der Waals surface area contributed by atoms with Gasteiger partial charge in [-0.15, -0.1) is 0 Å². The third-order valence-electron chi connectivity index (χ3n) is 3.51. The second kappa shape index (κ2) is 4.93. The topological polar surface area (TPSA) is 34.4 Å². The summed E-state index contributed by atoms with van der Waals surface area (Å²) in [4.78, 5) is 12.5. The van der Waals surface area contributed by atoms with E-state index in [-0.39, 0.29) is 5.78 Å². The van der Waals surface area contributed by atoms with Gasteiger partial charge in [0.05, 0.1) is 17.3 Å². The summed E-state index contributed by atoms with van der Waals surface area (Å²) in [6, 6.07) is 13.5. The number of carbonyl (C=O) groups excluding carboxylic acids is 1. The maximum atomic E-state index is 12.5. The van der Waals surface area contributed by atoms with E-state index in [2.05, 4.69) is 18.9 Å². The Balaban J connectivity index is 2.00. The second-order valence-corrected chi connectivity index (χ2v) is 5.19. The molecule has 3 nitrogen and oxygen atoms in total. The van der Waals surface area contributed by atoms with Crippen molar-refractivity contribution in [1.29, 1.82) is 0 Å². The fourth-order valence-electron chi connectivity index (χ4n) is 2.28. The van der Waals surface area contributed by atoms with Crippen molar-refractivity contribution >= 4 is 11.3 Å². The molecule has 0 fully saturated rings. The van der Waals surface area contributed by atoms with Gasteiger partial charge in [0, 0.05) is 11.8 Å². The number of rotatable bonds is 3. The number of ketones is 1. The van der Waals surface area contributed by atoms with Crippen LogP contribution in [0.1, 0.15) is 41.3 Å². The van der Waals surface area contributed by atoms with Crippen molar-refractivity contribution in [3.8, 4) is 0 Å². The highest BCUT2D eigenvalue weighted by Gasteiger charge is 2.14. The molecule has 0 aliphatic heterocycles. The second-order valence-electron chi connectivity index (χ2n) is 5.19. The van der Waals surface area contributed by atoms with E-state index in [4.69, 9.17) is 0 Å². The molecule has 0 aliphatic rings. The van der Waals surface area contributed by atoms with Gasteiger partial charge in [0.25, 0.3) is 0 Å². The van der Waals surface area contributed by atoms with Gasteiger partial charge in [-0.2, -0.15) is 5.10 Å². The van der Waals surface area contributed by atoms with Gasteiger partial charge in [0.1, 0.15) is 0 Å². The fourth-order valence-corrected chi connectivity index (χ4v) is 2.28. The number of aromatic nitrogens is 2. The number of benzene rings is 1. The number of pyridine rings is 1. The lowest BCUT2D eigenvalue weighted by Gasteiger charge is -2.06. The lowest BCUT2D eigenvalue weighted by Crippen LogP contribution is -2.01. The predicted molar refractivity (Wildman–Crippen MR) is 79.2 cm³/mol. The SMILES string of the molecule is CC(C)c1ccc(C(=O)c2cnn3ccccc23)cc1. The maximum absolute atomic E-state index is 12.5. The van der Waals surface area contributed by atoms with Crippen molar-refractivity contribution < 1.29 is 4.79 Å². The molecule has 0 saturated carbocycles. The zero-order valence-electron chi connectivity index (χ0n) is 11.6. The zero-order valence-corrected chi connectivity index (χ0v) is 11.6. The summed E-state index contributed by atoms with van der Waals surface area (Å²) in [7, 11) is 0. The summed E-state index contributed by atoms with van der Waals surface area (Å²) < 4.78 is 1.72. The van der Waals surface area contributed by atoms with Crippen LogP contribution in [0, 0.1) is 0 Å². The molecule has 0 saturated heterocycles. The van der Waals surface area contributed by atoms with Crippen molar-refractivity contribution in [2.24, 2.45) is 0 Å². The Morgan fingerprint density at radius 3 is 2.55 bits per heavy atom. The number of fused-ring (bicyclic) bond motifs is 1. The lowest BCUT2D eigenvalue weighted by atomic mass is 9.98. The van der Waals surface area contributed by atoms with E-state index in [0.717, 1.165) is 5.52 Å². The molecule has 0 bridgehead atoms. The van der Waals surface area contributed by atoms with Crippen molar-refractivity contribution in [1.82, 2.24) is 9.61 Å². The molecule has 3 heteroatoms. The van der Waals surface area contributed by atoms with Crippen LogP contribution in [0.5, 0.6) is 0 Å².